The average Bonchev–Trinajstić information content (AvgIpc) is 3.40. The van der Waals surface area contributed by atoms with Gasteiger partial charge in [-0.2, -0.15) is 0 Å². The van der Waals surface area contributed by atoms with Gasteiger partial charge in [0.05, 0.1) is 12.8 Å². The van der Waals surface area contributed by atoms with Crippen LogP contribution in [0.25, 0.3) is 0 Å². The Morgan fingerprint density at radius 2 is 1.34 bits per heavy atom. The maximum absolute atomic E-state index is 13.8. The zero-order chi connectivity index (χ0) is 28.0. The van der Waals surface area contributed by atoms with Crippen molar-refractivity contribution in [1.29, 1.82) is 0 Å². The molecule has 0 aliphatic carbocycles. The zero-order valence-electron chi connectivity index (χ0n) is 23.4. The smallest absolute Gasteiger partial charge is 0.287 e. The fourth-order valence-corrected chi connectivity index (χ4v) is 4.11. The maximum atomic E-state index is 13.8. The van der Waals surface area contributed by atoms with Crippen LogP contribution in [0.5, 0.6) is 0 Å². The number of nitrogens with zero attached hydrogens (tertiary/aromatic N) is 1. The lowest BCUT2D eigenvalue weighted by Gasteiger charge is -2.34. The van der Waals surface area contributed by atoms with Crippen molar-refractivity contribution in [3.63, 3.8) is 0 Å². The summed E-state index contributed by atoms with van der Waals surface area (Å²) in [5.74, 6) is -0.501. The lowest BCUT2D eigenvalue weighted by molar-refractivity contribution is -0.127. The molecule has 0 fully saturated rings. The Bertz CT molecular complexity index is 1220. The van der Waals surface area contributed by atoms with Crippen molar-refractivity contribution in [2.24, 2.45) is 0 Å². The summed E-state index contributed by atoms with van der Waals surface area (Å²) in [7, 11) is 0. The lowest BCUT2D eigenvalue weighted by Crippen LogP contribution is -2.51. The van der Waals surface area contributed by atoms with Crippen LogP contribution >= 0.6 is 0 Å². The third-order valence-corrected chi connectivity index (χ3v) is 6.18. The van der Waals surface area contributed by atoms with E-state index in [0.29, 0.717) is 23.1 Å². The topological polar surface area (TPSA) is 91.7 Å². The normalized spacial score (nSPS) is 12.3. The summed E-state index contributed by atoms with van der Waals surface area (Å²) in [4.78, 5) is 41.6. The van der Waals surface area contributed by atoms with E-state index in [1.165, 1.54) is 17.2 Å². The molecule has 0 aliphatic heterocycles. The van der Waals surface area contributed by atoms with E-state index in [1.807, 2.05) is 69.3 Å². The number of carbonyl (C=O) groups excluding carboxylic acids is 3. The highest BCUT2D eigenvalue weighted by Crippen LogP contribution is 2.31. The third-order valence-electron chi connectivity index (χ3n) is 6.18. The summed E-state index contributed by atoms with van der Waals surface area (Å²) >= 11 is 0. The molecule has 2 N–H and O–H groups in total. The second-order valence-electron chi connectivity index (χ2n) is 11.1. The molecule has 1 heterocycles. The molecule has 1 atom stereocenters. The van der Waals surface area contributed by atoms with E-state index in [0.717, 1.165) is 11.1 Å². The molecule has 0 saturated carbocycles. The Hall–Kier alpha value is -3.87. The Balaban J connectivity index is 2.06. The van der Waals surface area contributed by atoms with Gasteiger partial charge in [0.15, 0.2) is 5.76 Å². The number of anilines is 1. The molecule has 7 heteroatoms. The molecule has 1 aromatic heterocycles. The maximum Gasteiger partial charge on any atom is 0.287 e. The Morgan fingerprint density at radius 1 is 0.816 bits per heavy atom. The van der Waals surface area contributed by atoms with Crippen LogP contribution in [-0.2, 0) is 9.59 Å². The zero-order valence-corrected chi connectivity index (χ0v) is 23.4. The quantitative estimate of drug-likeness (QED) is 0.367. The first kappa shape index (κ1) is 28.7. The second-order valence-corrected chi connectivity index (χ2v) is 11.1. The van der Waals surface area contributed by atoms with Crippen molar-refractivity contribution >= 4 is 23.4 Å². The highest BCUT2D eigenvalue weighted by molar-refractivity contribution is 6.04. The molecule has 0 aliphatic rings. The van der Waals surface area contributed by atoms with E-state index in [2.05, 4.69) is 38.3 Å². The molecule has 2 aromatic carbocycles. The Labute approximate surface area is 225 Å². The van der Waals surface area contributed by atoms with Crippen LogP contribution in [0.2, 0.25) is 0 Å². The van der Waals surface area contributed by atoms with Gasteiger partial charge in [0.25, 0.3) is 5.91 Å². The minimum absolute atomic E-state index is 0.108. The monoisotopic (exact) mass is 517 g/mol. The highest BCUT2D eigenvalue weighted by Gasteiger charge is 2.34. The molecule has 3 amide bonds. The third kappa shape index (κ3) is 7.34. The largest absolute Gasteiger partial charge is 0.459 e. The number of nitrogens with one attached hydrogen (secondary N) is 2. The van der Waals surface area contributed by atoms with Gasteiger partial charge < -0.3 is 15.1 Å². The van der Waals surface area contributed by atoms with Gasteiger partial charge in [-0.15, -0.1) is 0 Å². The van der Waals surface area contributed by atoms with Crippen molar-refractivity contribution < 1.29 is 18.8 Å². The Kier molecular flexibility index (Phi) is 9.15. The first-order valence-electron chi connectivity index (χ1n) is 13.0. The fourth-order valence-electron chi connectivity index (χ4n) is 4.11. The summed E-state index contributed by atoms with van der Waals surface area (Å²) in [6.45, 7) is 13.8. The summed E-state index contributed by atoms with van der Waals surface area (Å²) < 4.78 is 5.15. The number of amides is 3. The summed E-state index contributed by atoms with van der Waals surface area (Å²) in [6.07, 6.45) is 1.40. The molecule has 0 spiro atoms. The fraction of sp³-hybridized carbons (Fsp3) is 0.387. The van der Waals surface area contributed by atoms with Crippen LogP contribution in [0.4, 0.5) is 5.69 Å². The molecule has 3 aromatic rings. The van der Waals surface area contributed by atoms with Crippen molar-refractivity contribution in [2.45, 2.75) is 71.9 Å². The van der Waals surface area contributed by atoms with Gasteiger partial charge in [-0.3, -0.25) is 19.3 Å². The van der Waals surface area contributed by atoms with Crippen LogP contribution in [0, 0.1) is 0 Å². The number of furan rings is 1. The van der Waals surface area contributed by atoms with Crippen molar-refractivity contribution in [2.75, 3.05) is 11.4 Å². The van der Waals surface area contributed by atoms with Crippen LogP contribution < -0.4 is 15.5 Å². The van der Waals surface area contributed by atoms with Crippen molar-refractivity contribution in [1.82, 2.24) is 10.6 Å². The van der Waals surface area contributed by atoms with E-state index in [9.17, 15) is 14.4 Å². The molecule has 7 nitrogen and oxygen atoms in total. The van der Waals surface area contributed by atoms with Gasteiger partial charge in [0, 0.05) is 11.2 Å². The second kappa shape index (κ2) is 12.1. The van der Waals surface area contributed by atoms with Gasteiger partial charge >= 0.3 is 0 Å². The molecule has 0 saturated heterocycles. The SMILES string of the molecule is CC(C)c1ccc([C@H](C(=O)NC(C)(C)C)N(C(=O)CNC(=O)c2ccco2)c2ccc(C(C)C)cc2)cc1. The number of hydrogen-bond acceptors (Lipinski definition) is 4. The summed E-state index contributed by atoms with van der Waals surface area (Å²) in [5.41, 5.74) is 2.97. The summed E-state index contributed by atoms with van der Waals surface area (Å²) in [6, 6.07) is 17.6. The van der Waals surface area contributed by atoms with Crippen LogP contribution in [0.1, 0.15) is 93.6 Å². The predicted molar refractivity (Wildman–Crippen MR) is 150 cm³/mol. The minimum atomic E-state index is -0.951. The standard InChI is InChI=1S/C31H39N3O4/c1-20(2)22-10-12-24(13-11-22)28(30(37)33-31(5,6)7)34(25-16-14-23(15-17-25)21(3)4)27(35)19-32-29(36)26-9-8-18-38-26/h8-18,20-21,28H,19H2,1-7H3,(H,32,36)(H,33,37)/t28-/m1/s1. The van der Waals surface area contributed by atoms with Crippen molar-refractivity contribution in [3.05, 3.63) is 89.4 Å². The van der Waals surface area contributed by atoms with Crippen LogP contribution in [0.3, 0.4) is 0 Å². The van der Waals surface area contributed by atoms with E-state index in [1.54, 1.807) is 6.07 Å². The molecule has 0 unspecified atom stereocenters. The minimum Gasteiger partial charge on any atom is -0.459 e. The van der Waals surface area contributed by atoms with Gasteiger partial charge in [0.1, 0.15) is 6.04 Å². The highest BCUT2D eigenvalue weighted by atomic mass is 16.3. The van der Waals surface area contributed by atoms with E-state index in [4.69, 9.17) is 4.42 Å². The van der Waals surface area contributed by atoms with Crippen LogP contribution in [0.15, 0.2) is 71.3 Å². The summed E-state index contributed by atoms with van der Waals surface area (Å²) in [5, 5.41) is 5.67. The number of hydrogen-bond donors (Lipinski definition) is 2. The first-order chi connectivity index (χ1) is 17.9. The average molecular weight is 518 g/mol. The predicted octanol–water partition coefficient (Wildman–Crippen LogP) is 5.95. The van der Waals surface area contributed by atoms with E-state index in [-0.39, 0.29) is 18.2 Å². The van der Waals surface area contributed by atoms with E-state index >= 15 is 0 Å². The van der Waals surface area contributed by atoms with Gasteiger partial charge in [0.2, 0.25) is 11.8 Å². The number of carbonyl (C=O) groups is 3. The number of benzene rings is 2. The van der Waals surface area contributed by atoms with Crippen molar-refractivity contribution in [3.8, 4) is 0 Å². The van der Waals surface area contributed by atoms with Gasteiger partial charge in [-0.25, -0.2) is 0 Å². The molecule has 202 valence electrons. The first-order valence-corrected chi connectivity index (χ1v) is 13.0. The van der Waals surface area contributed by atoms with E-state index < -0.39 is 23.4 Å². The van der Waals surface area contributed by atoms with Gasteiger partial charge in [-0.1, -0.05) is 64.1 Å². The Morgan fingerprint density at radius 3 is 1.82 bits per heavy atom. The molecule has 0 radical (unpaired) electrons. The molecule has 3 rings (SSSR count). The van der Waals surface area contributed by atoms with Crippen LogP contribution in [-0.4, -0.2) is 29.8 Å². The molecule has 38 heavy (non-hydrogen) atoms. The molecule has 0 bridgehead atoms. The number of rotatable bonds is 9. The van der Waals surface area contributed by atoms with Gasteiger partial charge in [-0.05, 0) is 73.6 Å². The molecular weight excluding hydrogens is 478 g/mol. The lowest BCUT2D eigenvalue weighted by atomic mass is 9.96. The molecular formula is C31H39N3O4.